The summed E-state index contributed by atoms with van der Waals surface area (Å²) in [5, 5.41) is 3.64. The van der Waals surface area contributed by atoms with Crippen LogP contribution < -0.4 is 5.32 Å². The highest BCUT2D eigenvalue weighted by Crippen LogP contribution is 2.17. The van der Waals surface area contributed by atoms with Gasteiger partial charge in [-0.1, -0.05) is 13.8 Å². The number of hydrogen-bond acceptors (Lipinski definition) is 4. The van der Waals surface area contributed by atoms with Gasteiger partial charge in [0.2, 0.25) is 5.89 Å². The molecule has 4 heteroatoms. The van der Waals surface area contributed by atoms with E-state index in [9.17, 15) is 0 Å². The summed E-state index contributed by atoms with van der Waals surface area (Å²) in [7, 11) is 0. The van der Waals surface area contributed by atoms with E-state index >= 15 is 0 Å². The van der Waals surface area contributed by atoms with Gasteiger partial charge in [-0.2, -0.15) is 0 Å². The van der Waals surface area contributed by atoms with Crippen LogP contribution in [0.4, 0.5) is 0 Å². The molecular formula is C15H27N3O. The lowest BCUT2D eigenvalue weighted by molar-refractivity contribution is 0.114. The van der Waals surface area contributed by atoms with Crippen molar-refractivity contribution in [2.24, 2.45) is 5.92 Å². The molecule has 1 fully saturated rings. The van der Waals surface area contributed by atoms with E-state index in [4.69, 9.17) is 4.42 Å². The van der Waals surface area contributed by atoms with Gasteiger partial charge in [0.15, 0.2) is 0 Å². The number of nitrogens with one attached hydrogen (secondary N) is 1. The SMILES string of the molecule is Cc1nc(CN2CC(CC(C)C)NCC2C)oc1C. The molecule has 1 aromatic heterocycles. The van der Waals surface area contributed by atoms with E-state index in [1.165, 1.54) is 6.42 Å². The first-order valence-electron chi connectivity index (χ1n) is 7.36. The van der Waals surface area contributed by atoms with Crippen molar-refractivity contribution in [1.29, 1.82) is 0 Å². The molecule has 1 aromatic rings. The monoisotopic (exact) mass is 265 g/mol. The smallest absolute Gasteiger partial charge is 0.208 e. The Hall–Kier alpha value is -0.870. The Morgan fingerprint density at radius 2 is 2.16 bits per heavy atom. The molecule has 2 atom stereocenters. The van der Waals surface area contributed by atoms with Gasteiger partial charge in [-0.25, -0.2) is 4.98 Å². The average molecular weight is 265 g/mol. The lowest BCUT2D eigenvalue weighted by atomic mass is 10.0. The summed E-state index contributed by atoms with van der Waals surface area (Å²) in [6.45, 7) is 13.8. The van der Waals surface area contributed by atoms with Crippen LogP contribution in [0.25, 0.3) is 0 Å². The van der Waals surface area contributed by atoms with Gasteiger partial charge in [-0.15, -0.1) is 0 Å². The third-order valence-corrected chi connectivity index (χ3v) is 3.95. The lowest BCUT2D eigenvalue weighted by Gasteiger charge is -2.38. The van der Waals surface area contributed by atoms with E-state index in [-0.39, 0.29) is 0 Å². The summed E-state index contributed by atoms with van der Waals surface area (Å²) < 4.78 is 5.71. The van der Waals surface area contributed by atoms with Crippen molar-refractivity contribution in [2.45, 2.75) is 59.7 Å². The zero-order chi connectivity index (χ0) is 14.0. The van der Waals surface area contributed by atoms with Crippen LogP contribution in [-0.4, -0.2) is 35.1 Å². The van der Waals surface area contributed by atoms with Crippen LogP contribution in [0.2, 0.25) is 0 Å². The van der Waals surface area contributed by atoms with Gasteiger partial charge in [0, 0.05) is 25.2 Å². The maximum atomic E-state index is 5.71. The minimum Gasteiger partial charge on any atom is -0.444 e. The normalized spacial score (nSPS) is 25.2. The van der Waals surface area contributed by atoms with Gasteiger partial charge in [-0.05, 0) is 33.1 Å². The summed E-state index contributed by atoms with van der Waals surface area (Å²) in [5.74, 6) is 2.53. The molecule has 4 nitrogen and oxygen atoms in total. The average Bonchev–Trinajstić information content (AvgIpc) is 2.62. The zero-order valence-electron chi connectivity index (χ0n) is 12.9. The molecule has 0 amide bonds. The Bertz CT molecular complexity index is 394. The molecule has 108 valence electrons. The van der Waals surface area contributed by atoms with Gasteiger partial charge in [0.1, 0.15) is 5.76 Å². The molecule has 1 aliphatic heterocycles. The highest BCUT2D eigenvalue weighted by molar-refractivity contribution is 5.05. The molecule has 19 heavy (non-hydrogen) atoms. The van der Waals surface area contributed by atoms with E-state index in [1.807, 2.05) is 13.8 Å². The fourth-order valence-corrected chi connectivity index (χ4v) is 2.72. The molecule has 1 aliphatic rings. The van der Waals surface area contributed by atoms with Crippen LogP contribution in [-0.2, 0) is 6.54 Å². The molecule has 1 saturated heterocycles. The Labute approximate surface area is 116 Å². The highest BCUT2D eigenvalue weighted by Gasteiger charge is 2.26. The summed E-state index contributed by atoms with van der Waals surface area (Å²) in [5.41, 5.74) is 1.01. The van der Waals surface area contributed by atoms with Crippen molar-refractivity contribution in [3.63, 3.8) is 0 Å². The molecule has 0 spiro atoms. The van der Waals surface area contributed by atoms with Crippen LogP contribution in [0.15, 0.2) is 4.42 Å². The highest BCUT2D eigenvalue weighted by atomic mass is 16.4. The summed E-state index contributed by atoms with van der Waals surface area (Å²) in [6, 6.07) is 1.13. The first kappa shape index (κ1) is 14.5. The molecule has 2 unspecified atom stereocenters. The quantitative estimate of drug-likeness (QED) is 0.908. The van der Waals surface area contributed by atoms with Crippen molar-refractivity contribution in [2.75, 3.05) is 13.1 Å². The van der Waals surface area contributed by atoms with Crippen molar-refractivity contribution in [3.8, 4) is 0 Å². The van der Waals surface area contributed by atoms with Crippen LogP contribution in [0, 0.1) is 19.8 Å². The van der Waals surface area contributed by atoms with Gasteiger partial charge in [0.05, 0.1) is 12.2 Å². The first-order valence-corrected chi connectivity index (χ1v) is 7.36. The lowest BCUT2D eigenvalue weighted by Crippen LogP contribution is -2.55. The van der Waals surface area contributed by atoms with Crippen LogP contribution in [0.5, 0.6) is 0 Å². The van der Waals surface area contributed by atoms with Crippen molar-refractivity contribution in [3.05, 3.63) is 17.3 Å². The predicted molar refractivity (Wildman–Crippen MR) is 77.1 cm³/mol. The molecule has 0 aromatic carbocycles. The van der Waals surface area contributed by atoms with Crippen LogP contribution >= 0.6 is 0 Å². The van der Waals surface area contributed by atoms with E-state index in [0.717, 1.165) is 42.9 Å². The minimum atomic E-state index is 0.538. The van der Waals surface area contributed by atoms with Crippen LogP contribution in [0.3, 0.4) is 0 Å². The molecule has 0 saturated carbocycles. The topological polar surface area (TPSA) is 41.3 Å². The van der Waals surface area contributed by atoms with Gasteiger partial charge >= 0.3 is 0 Å². The third-order valence-electron chi connectivity index (χ3n) is 3.95. The maximum Gasteiger partial charge on any atom is 0.208 e. The number of nitrogens with zero attached hydrogens (tertiary/aromatic N) is 2. The second-order valence-corrected chi connectivity index (χ2v) is 6.26. The van der Waals surface area contributed by atoms with Crippen molar-refractivity contribution in [1.82, 2.24) is 15.2 Å². The fourth-order valence-electron chi connectivity index (χ4n) is 2.72. The number of aromatic nitrogens is 1. The number of hydrogen-bond donors (Lipinski definition) is 1. The number of oxazole rings is 1. The molecule has 2 heterocycles. The summed E-state index contributed by atoms with van der Waals surface area (Å²) in [6.07, 6.45) is 1.23. The molecule has 0 bridgehead atoms. The van der Waals surface area contributed by atoms with Crippen molar-refractivity contribution < 1.29 is 4.42 Å². The number of piperazine rings is 1. The van der Waals surface area contributed by atoms with Gasteiger partial charge in [0.25, 0.3) is 0 Å². The second kappa shape index (κ2) is 6.06. The largest absolute Gasteiger partial charge is 0.444 e. The van der Waals surface area contributed by atoms with E-state index in [0.29, 0.717) is 12.1 Å². The number of rotatable bonds is 4. The Morgan fingerprint density at radius 1 is 1.42 bits per heavy atom. The molecular weight excluding hydrogens is 238 g/mol. The van der Waals surface area contributed by atoms with Crippen LogP contribution in [0.1, 0.15) is 44.5 Å². The second-order valence-electron chi connectivity index (χ2n) is 6.26. The first-order chi connectivity index (χ1) is 8.95. The van der Waals surface area contributed by atoms with E-state index in [1.54, 1.807) is 0 Å². The molecule has 0 aliphatic carbocycles. The summed E-state index contributed by atoms with van der Waals surface area (Å²) in [4.78, 5) is 6.98. The Balaban J connectivity index is 1.97. The number of aryl methyl sites for hydroxylation is 2. The predicted octanol–water partition coefficient (Wildman–Crippen LogP) is 2.50. The third kappa shape index (κ3) is 3.80. The maximum absolute atomic E-state index is 5.71. The molecule has 0 radical (unpaired) electrons. The van der Waals surface area contributed by atoms with Crippen molar-refractivity contribution >= 4 is 0 Å². The standard InChI is InChI=1S/C15H27N3O/c1-10(2)6-14-8-18(11(3)7-16-14)9-15-17-12(4)13(5)19-15/h10-11,14,16H,6-9H2,1-5H3. The van der Waals surface area contributed by atoms with Gasteiger partial charge < -0.3 is 9.73 Å². The minimum absolute atomic E-state index is 0.538. The Kier molecular flexibility index (Phi) is 4.63. The molecule has 1 N–H and O–H groups in total. The Morgan fingerprint density at radius 3 is 2.74 bits per heavy atom. The fraction of sp³-hybridized carbons (Fsp3) is 0.800. The molecule has 2 rings (SSSR count). The van der Waals surface area contributed by atoms with E-state index in [2.05, 4.69) is 36.0 Å². The summed E-state index contributed by atoms with van der Waals surface area (Å²) >= 11 is 0. The van der Waals surface area contributed by atoms with E-state index < -0.39 is 0 Å². The van der Waals surface area contributed by atoms with Gasteiger partial charge in [-0.3, -0.25) is 4.90 Å². The zero-order valence-corrected chi connectivity index (χ0v) is 12.9.